The largest absolute Gasteiger partial charge is 0.484 e. The Hall–Kier alpha value is -1.59. The van der Waals surface area contributed by atoms with Crippen molar-refractivity contribution in [3.63, 3.8) is 0 Å². The second-order valence-corrected chi connectivity index (χ2v) is 7.57. The van der Waals surface area contributed by atoms with Gasteiger partial charge in [0.25, 0.3) is 5.91 Å². The molecule has 1 amide bonds. The summed E-state index contributed by atoms with van der Waals surface area (Å²) >= 11 is 0. The molecule has 140 valence electrons. The Morgan fingerprint density at radius 3 is 2.36 bits per heavy atom. The Balaban J connectivity index is 1.87. The minimum absolute atomic E-state index is 0.0733. The number of benzene rings is 1. The summed E-state index contributed by atoms with van der Waals surface area (Å²) in [6.45, 7) is 12.3. The van der Waals surface area contributed by atoms with E-state index in [4.69, 9.17) is 4.74 Å². The van der Waals surface area contributed by atoms with Crippen LogP contribution in [0.5, 0.6) is 5.75 Å². The first-order valence-corrected chi connectivity index (χ1v) is 9.16. The van der Waals surface area contributed by atoms with Crippen molar-refractivity contribution in [1.82, 2.24) is 14.7 Å². The quantitative estimate of drug-likeness (QED) is 0.790. The van der Waals surface area contributed by atoms with E-state index < -0.39 is 0 Å². The van der Waals surface area contributed by atoms with Crippen LogP contribution in [0, 0.1) is 13.8 Å². The third kappa shape index (κ3) is 5.44. The summed E-state index contributed by atoms with van der Waals surface area (Å²) in [5.41, 5.74) is 2.41. The van der Waals surface area contributed by atoms with Crippen molar-refractivity contribution in [2.45, 2.75) is 39.8 Å². The van der Waals surface area contributed by atoms with Crippen molar-refractivity contribution >= 4 is 5.91 Å². The summed E-state index contributed by atoms with van der Waals surface area (Å²) in [7, 11) is 4.19. The lowest BCUT2D eigenvalue weighted by Gasteiger charge is -2.44. The average Bonchev–Trinajstić information content (AvgIpc) is 2.54. The highest BCUT2D eigenvalue weighted by Crippen LogP contribution is 2.18. The maximum atomic E-state index is 12.6. The zero-order valence-corrected chi connectivity index (χ0v) is 16.6. The van der Waals surface area contributed by atoms with E-state index in [-0.39, 0.29) is 12.5 Å². The second-order valence-electron chi connectivity index (χ2n) is 7.57. The van der Waals surface area contributed by atoms with Crippen LogP contribution in [0.2, 0.25) is 0 Å². The molecule has 1 heterocycles. The first-order valence-electron chi connectivity index (χ1n) is 9.16. The molecule has 2 unspecified atom stereocenters. The number of amides is 1. The third-order valence-electron chi connectivity index (χ3n) is 5.10. The lowest BCUT2D eigenvalue weighted by atomic mass is 10.1. The molecule has 25 heavy (non-hydrogen) atoms. The number of ether oxygens (including phenoxy) is 1. The van der Waals surface area contributed by atoms with Gasteiger partial charge < -0.3 is 14.5 Å². The first-order chi connectivity index (χ1) is 11.8. The predicted octanol–water partition coefficient (Wildman–Crippen LogP) is 2.17. The van der Waals surface area contributed by atoms with Gasteiger partial charge in [-0.25, -0.2) is 0 Å². The molecule has 0 aromatic heterocycles. The Morgan fingerprint density at radius 1 is 1.16 bits per heavy atom. The van der Waals surface area contributed by atoms with Crippen LogP contribution in [-0.2, 0) is 4.79 Å². The van der Waals surface area contributed by atoms with Crippen molar-refractivity contribution in [3.8, 4) is 5.75 Å². The molecule has 2 atom stereocenters. The lowest BCUT2D eigenvalue weighted by molar-refractivity contribution is -0.137. The van der Waals surface area contributed by atoms with Crippen molar-refractivity contribution in [2.75, 3.05) is 46.9 Å². The predicted molar refractivity (Wildman–Crippen MR) is 102 cm³/mol. The van der Waals surface area contributed by atoms with Gasteiger partial charge in [0.15, 0.2) is 6.61 Å². The Bertz CT molecular complexity index is 576. The number of carbonyl (C=O) groups is 1. The van der Waals surface area contributed by atoms with Crippen LogP contribution in [0.25, 0.3) is 0 Å². The number of rotatable bonds is 6. The molecule has 1 fully saturated rings. The normalized spacial score (nSPS) is 21.6. The van der Waals surface area contributed by atoms with E-state index in [9.17, 15) is 4.79 Å². The van der Waals surface area contributed by atoms with Crippen LogP contribution in [0.1, 0.15) is 25.0 Å². The Morgan fingerprint density at radius 2 is 1.80 bits per heavy atom. The van der Waals surface area contributed by atoms with Gasteiger partial charge in [-0.05, 0) is 65.0 Å². The summed E-state index contributed by atoms with van der Waals surface area (Å²) in [5.74, 6) is 0.839. The highest BCUT2D eigenvalue weighted by atomic mass is 16.5. The van der Waals surface area contributed by atoms with Gasteiger partial charge in [-0.2, -0.15) is 0 Å². The number of likely N-dealkylation sites (N-methyl/N-ethyl adjacent to an activating group) is 1. The van der Waals surface area contributed by atoms with Gasteiger partial charge in [0.05, 0.1) is 0 Å². The maximum Gasteiger partial charge on any atom is 0.260 e. The molecule has 1 aliphatic heterocycles. The summed E-state index contributed by atoms with van der Waals surface area (Å²) in [6, 6.07) is 6.69. The fourth-order valence-corrected chi connectivity index (χ4v) is 3.36. The number of carbonyl (C=O) groups excluding carboxylic acids is 1. The van der Waals surface area contributed by atoms with Crippen LogP contribution in [0.3, 0.4) is 0 Å². The van der Waals surface area contributed by atoms with Crippen molar-refractivity contribution in [3.05, 3.63) is 29.3 Å². The van der Waals surface area contributed by atoms with E-state index in [2.05, 4.69) is 51.6 Å². The number of hydrogen-bond donors (Lipinski definition) is 0. The van der Waals surface area contributed by atoms with Crippen LogP contribution < -0.4 is 4.74 Å². The summed E-state index contributed by atoms with van der Waals surface area (Å²) < 4.78 is 5.72. The molecule has 1 saturated heterocycles. The average molecular weight is 348 g/mol. The molecule has 2 rings (SSSR count). The van der Waals surface area contributed by atoms with E-state index in [1.807, 2.05) is 23.1 Å². The van der Waals surface area contributed by atoms with Gasteiger partial charge in [0.2, 0.25) is 0 Å². The van der Waals surface area contributed by atoms with Gasteiger partial charge >= 0.3 is 0 Å². The van der Waals surface area contributed by atoms with Crippen molar-refractivity contribution < 1.29 is 9.53 Å². The van der Waals surface area contributed by atoms with E-state index in [1.165, 1.54) is 11.1 Å². The van der Waals surface area contributed by atoms with Crippen LogP contribution in [-0.4, -0.2) is 79.6 Å². The molecule has 1 aromatic rings. The molecule has 0 saturated carbocycles. The minimum atomic E-state index is 0.0733. The van der Waals surface area contributed by atoms with Gasteiger partial charge in [-0.15, -0.1) is 0 Å². The van der Waals surface area contributed by atoms with Gasteiger partial charge in [-0.1, -0.05) is 6.07 Å². The van der Waals surface area contributed by atoms with Gasteiger partial charge in [0, 0.05) is 38.3 Å². The van der Waals surface area contributed by atoms with E-state index in [1.54, 1.807) is 0 Å². The standard InChI is InChI=1S/C20H33N3O2/c1-15-7-8-19(11-16(15)2)25-14-20(24)22-12-17(3)23(18(4)13-22)10-9-21(5)6/h7-8,11,17-18H,9-10,12-14H2,1-6H3. The molecule has 5 heteroatoms. The highest BCUT2D eigenvalue weighted by molar-refractivity contribution is 5.78. The molecular weight excluding hydrogens is 314 g/mol. The monoisotopic (exact) mass is 347 g/mol. The fraction of sp³-hybridized carbons (Fsp3) is 0.650. The second kappa shape index (κ2) is 8.68. The number of hydrogen-bond acceptors (Lipinski definition) is 4. The lowest BCUT2D eigenvalue weighted by Crippen LogP contribution is -2.59. The molecule has 0 aliphatic carbocycles. The fourth-order valence-electron chi connectivity index (χ4n) is 3.36. The Kier molecular flexibility index (Phi) is 6.85. The number of nitrogens with zero attached hydrogens (tertiary/aromatic N) is 3. The number of piperazine rings is 1. The van der Waals surface area contributed by atoms with E-state index >= 15 is 0 Å². The van der Waals surface area contributed by atoms with Gasteiger partial charge in [-0.3, -0.25) is 9.69 Å². The van der Waals surface area contributed by atoms with Crippen LogP contribution in [0.15, 0.2) is 18.2 Å². The summed E-state index contributed by atoms with van der Waals surface area (Å²) in [4.78, 5) is 19.2. The first kappa shape index (κ1) is 19.7. The molecule has 5 nitrogen and oxygen atoms in total. The van der Waals surface area contributed by atoms with E-state index in [0.29, 0.717) is 12.1 Å². The van der Waals surface area contributed by atoms with E-state index in [0.717, 1.165) is 31.9 Å². The SMILES string of the molecule is Cc1ccc(OCC(=O)N2CC(C)N(CCN(C)C)C(C)C2)cc1C. The Labute approximate surface area is 152 Å². The van der Waals surface area contributed by atoms with Crippen LogP contribution in [0.4, 0.5) is 0 Å². The summed E-state index contributed by atoms with van der Waals surface area (Å²) in [6.07, 6.45) is 0. The smallest absolute Gasteiger partial charge is 0.260 e. The third-order valence-corrected chi connectivity index (χ3v) is 5.10. The molecule has 0 bridgehead atoms. The molecule has 0 spiro atoms. The highest BCUT2D eigenvalue weighted by Gasteiger charge is 2.31. The molecule has 1 aliphatic rings. The molecule has 1 aromatic carbocycles. The van der Waals surface area contributed by atoms with Crippen molar-refractivity contribution in [2.24, 2.45) is 0 Å². The maximum absolute atomic E-state index is 12.6. The molecule has 0 radical (unpaired) electrons. The van der Waals surface area contributed by atoms with Gasteiger partial charge in [0.1, 0.15) is 5.75 Å². The molecule has 0 N–H and O–H groups in total. The van der Waals surface area contributed by atoms with Crippen molar-refractivity contribution in [1.29, 1.82) is 0 Å². The summed E-state index contributed by atoms with van der Waals surface area (Å²) in [5, 5.41) is 0. The zero-order chi connectivity index (χ0) is 18.6. The minimum Gasteiger partial charge on any atom is -0.484 e. The zero-order valence-electron chi connectivity index (χ0n) is 16.6. The number of aryl methyl sites for hydroxylation is 2. The van der Waals surface area contributed by atoms with Crippen LogP contribution >= 0.6 is 0 Å². The molecular formula is C20H33N3O2. The topological polar surface area (TPSA) is 36.0 Å².